The molecule has 2 amide bonds. The number of hydrogen-bond acceptors (Lipinski definition) is 2. The van der Waals surface area contributed by atoms with Crippen LogP contribution in [0.1, 0.15) is 11.1 Å². The number of carbonyl (C=O) groups excluding carboxylic acids is 1. The van der Waals surface area contributed by atoms with Gasteiger partial charge in [0.05, 0.1) is 11.2 Å². The van der Waals surface area contributed by atoms with Crippen molar-refractivity contribution in [1.29, 1.82) is 0 Å². The normalized spacial score (nSPS) is 17.6. The maximum atomic E-state index is 11.7. The maximum absolute atomic E-state index is 11.7. The van der Waals surface area contributed by atoms with Gasteiger partial charge in [0.2, 0.25) is 0 Å². The molecule has 1 aromatic heterocycles. The van der Waals surface area contributed by atoms with Gasteiger partial charge in [-0.1, -0.05) is 41.9 Å². The molecule has 2 heterocycles. The van der Waals surface area contributed by atoms with E-state index >= 15 is 0 Å². The molecule has 1 atom stereocenters. The van der Waals surface area contributed by atoms with Gasteiger partial charge in [-0.2, -0.15) is 0 Å². The highest BCUT2D eigenvalue weighted by molar-refractivity contribution is 6.25. The minimum Gasteiger partial charge on any atom is -0.317 e. The molecule has 2 aromatic carbocycles. The zero-order chi connectivity index (χ0) is 13.7. The number of aromatic nitrogens is 1. The lowest BCUT2D eigenvalue weighted by Crippen LogP contribution is -2.35. The smallest absolute Gasteiger partial charge is 0.317 e. The molecule has 20 heavy (non-hydrogen) atoms. The summed E-state index contributed by atoms with van der Waals surface area (Å²) in [5.74, 6) is 0. The maximum Gasteiger partial charge on any atom is 0.320 e. The molecule has 0 saturated heterocycles. The van der Waals surface area contributed by atoms with Crippen LogP contribution in [-0.2, 0) is 0 Å². The van der Waals surface area contributed by atoms with Crippen molar-refractivity contribution in [2.75, 3.05) is 5.32 Å². The molecule has 0 radical (unpaired) electrons. The van der Waals surface area contributed by atoms with Gasteiger partial charge in [0, 0.05) is 22.5 Å². The molecular formula is C15H10ClN3O. The van der Waals surface area contributed by atoms with Crippen molar-refractivity contribution in [3.63, 3.8) is 0 Å². The van der Waals surface area contributed by atoms with Crippen molar-refractivity contribution in [3.8, 4) is 0 Å². The lowest BCUT2D eigenvalue weighted by atomic mass is 10.0. The molecule has 0 bridgehead atoms. The van der Waals surface area contributed by atoms with Crippen LogP contribution in [0.5, 0.6) is 0 Å². The van der Waals surface area contributed by atoms with Crippen molar-refractivity contribution in [2.45, 2.75) is 5.50 Å². The first kappa shape index (κ1) is 11.5. The van der Waals surface area contributed by atoms with Crippen molar-refractivity contribution in [1.82, 2.24) is 10.3 Å². The van der Waals surface area contributed by atoms with Gasteiger partial charge in [0.15, 0.2) is 0 Å². The number of nitrogens with zero attached hydrogens (tertiary/aromatic N) is 1. The zero-order valence-electron chi connectivity index (χ0n) is 10.4. The third-order valence-corrected chi connectivity index (χ3v) is 3.90. The molecule has 2 N–H and O–H groups in total. The minimum absolute atomic E-state index is 0.294. The van der Waals surface area contributed by atoms with Crippen molar-refractivity contribution in [2.24, 2.45) is 0 Å². The SMILES string of the molecule is O=C1Nc2c(ccc3ncc4ccccc4c23)C(Cl)N1. The molecule has 0 aliphatic carbocycles. The van der Waals surface area contributed by atoms with Gasteiger partial charge < -0.3 is 10.6 Å². The highest BCUT2D eigenvalue weighted by Gasteiger charge is 2.24. The van der Waals surface area contributed by atoms with Gasteiger partial charge >= 0.3 is 6.03 Å². The van der Waals surface area contributed by atoms with Crippen LogP contribution in [0.2, 0.25) is 0 Å². The number of benzene rings is 2. The molecule has 4 rings (SSSR count). The van der Waals surface area contributed by atoms with Gasteiger partial charge in [0.1, 0.15) is 5.50 Å². The van der Waals surface area contributed by atoms with Crippen LogP contribution in [0.25, 0.3) is 21.7 Å². The average molecular weight is 284 g/mol. The largest absolute Gasteiger partial charge is 0.320 e. The van der Waals surface area contributed by atoms with E-state index in [1.54, 1.807) is 0 Å². The minimum atomic E-state index is -0.526. The van der Waals surface area contributed by atoms with E-state index in [-0.39, 0.29) is 6.03 Å². The number of pyridine rings is 1. The number of carbonyl (C=O) groups is 1. The Hall–Kier alpha value is -2.33. The van der Waals surface area contributed by atoms with Crippen LogP contribution in [0.3, 0.4) is 0 Å². The van der Waals surface area contributed by atoms with Gasteiger partial charge in [-0.05, 0) is 11.5 Å². The zero-order valence-corrected chi connectivity index (χ0v) is 11.1. The number of amides is 2. The van der Waals surface area contributed by atoms with E-state index in [9.17, 15) is 4.79 Å². The molecule has 0 saturated carbocycles. The second kappa shape index (κ2) is 4.08. The molecule has 0 fully saturated rings. The fraction of sp³-hybridized carbons (Fsp3) is 0.0667. The Morgan fingerprint density at radius 3 is 2.90 bits per heavy atom. The van der Waals surface area contributed by atoms with Crippen molar-refractivity contribution >= 4 is 45.0 Å². The van der Waals surface area contributed by atoms with E-state index in [1.807, 2.05) is 42.6 Å². The Morgan fingerprint density at radius 2 is 2.00 bits per heavy atom. The molecule has 0 spiro atoms. The lowest BCUT2D eigenvalue weighted by Gasteiger charge is -2.24. The highest BCUT2D eigenvalue weighted by atomic mass is 35.5. The lowest BCUT2D eigenvalue weighted by molar-refractivity contribution is 0.250. The Balaban J connectivity index is 2.19. The number of halogens is 1. The number of rotatable bonds is 0. The molecular weight excluding hydrogens is 274 g/mol. The van der Waals surface area contributed by atoms with Gasteiger partial charge in [-0.15, -0.1) is 0 Å². The Kier molecular flexibility index (Phi) is 2.35. The predicted octanol–water partition coefficient (Wildman–Crippen LogP) is 3.76. The van der Waals surface area contributed by atoms with Gasteiger partial charge in [-0.25, -0.2) is 4.79 Å². The summed E-state index contributed by atoms with van der Waals surface area (Å²) in [5.41, 5.74) is 1.92. The van der Waals surface area contributed by atoms with Gasteiger partial charge in [-0.3, -0.25) is 4.98 Å². The summed E-state index contributed by atoms with van der Waals surface area (Å²) in [6, 6.07) is 11.5. The van der Waals surface area contributed by atoms with Crippen molar-refractivity contribution < 1.29 is 4.79 Å². The summed E-state index contributed by atoms with van der Waals surface area (Å²) in [6.45, 7) is 0. The molecule has 1 aliphatic heterocycles. The molecule has 4 nitrogen and oxygen atoms in total. The first-order valence-corrected chi connectivity index (χ1v) is 6.69. The topological polar surface area (TPSA) is 54.0 Å². The fourth-order valence-corrected chi connectivity index (χ4v) is 2.93. The Bertz CT molecular complexity index is 862. The quantitative estimate of drug-likeness (QED) is 0.375. The Labute approximate surface area is 119 Å². The van der Waals surface area contributed by atoms with Crippen LogP contribution in [-0.4, -0.2) is 11.0 Å². The standard InChI is InChI=1S/C15H10ClN3O/c16-14-10-5-6-11-12(13(10)18-15(20)19-14)9-4-2-1-3-8(9)7-17-11/h1-7,14H,(H2,18,19,20). The second-order valence-corrected chi connectivity index (χ2v) is 5.17. The summed E-state index contributed by atoms with van der Waals surface area (Å²) < 4.78 is 0. The third kappa shape index (κ3) is 1.55. The molecule has 1 aliphatic rings. The second-order valence-electron chi connectivity index (χ2n) is 4.73. The van der Waals surface area contributed by atoms with E-state index in [2.05, 4.69) is 15.6 Å². The molecule has 1 unspecified atom stereocenters. The summed E-state index contributed by atoms with van der Waals surface area (Å²) in [4.78, 5) is 16.1. The van der Waals surface area contributed by atoms with E-state index < -0.39 is 5.50 Å². The summed E-state index contributed by atoms with van der Waals surface area (Å²) in [6.07, 6.45) is 1.84. The van der Waals surface area contributed by atoms with Crippen molar-refractivity contribution in [3.05, 3.63) is 48.2 Å². The summed E-state index contributed by atoms with van der Waals surface area (Å²) >= 11 is 6.20. The van der Waals surface area contributed by atoms with Crippen LogP contribution >= 0.6 is 11.6 Å². The first-order chi connectivity index (χ1) is 9.74. The average Bonchev–Trinajstić information content (AvgIpc) is 2.46. The monoisotopic (exact) mass is 283 g/mol. The van der Waals surface area contributed by atoms with Crippen LogP contribution < -0.4 is 10.6 Å². The van der Waals surface area contributed by atoms with E-state index in [0.717, 1.165) is 32.9 Å². The first-order valence-electron chi connectivity index (χ1n) is 6.26. The summed E-state index contributed by atoms with van der Waals surface area (Å²) in [5, 5.41) is 8.52. The summed E-state index contributed by atoms with van der Waals surface area (Å²) in [7, 11) is 0. The Morgan fingerprint density at radius 1 is 1.15 bits per heavy atom. The van der Waals surface area contributed by atoms with E-state index in [4.69, 9.17) is 11.6 Å². The number of alkyl halides is 1. The number of anilines is 1. The fourth-order valence-electron chi connectivity index (χ4n) is 2.65. The molecule has 3 aromatic rings. The highest BCUT2D eigenvalue weighted by Crippen LogP contribution is 2.38. The van der Waals surface area contributed by atoms with E-state index in [0.29, 0.717) is 0 Å². The van der Waals surface area contributed by atoms with Crippen LogP contribution in [0, 0.1) is 0 Å². The van der Waals surface area contributed by atoms with Crippen LogP contribution in [0.4, 0.5) is 10.5 Å². The number of nitrogens with one attached hydrogen (secondary N) is 2. The predicted molar refractivity (Wildman–Crippen MR) is 80.0 cm³/mol. The third-order valence-electron chi connectivity index (χ3n) is 3.56. The van der Waals surface area contributed by atoms with Crippen LogP contribution in [0.15, 0.2) is 42.6 Å². The molecule has 98 valence electrons. The number of urea groups is 1. The molecule has 5 heteroatoms. The van der Waals surface area contributed by atoms with Gasteiger partial charge in [0.25, 0.3) is 0 Å². The number of hydrogen-bond donors (Lipinski definition) is 2. The number of fused-ring (bicyclic) bond motifs is 5. The van der Waals surface area contributed by atoms with E-state index in [1.165, 1.54) is 0 Å².